The highest BCUT2D eigenvalue weighted by molar-refractivity contribution is 5.81. The number of carbonyl (C=O) groups excluding carboxylic acids is 2. The van der Waals surface area contributed by atoms with Gasteiger partial charge in [-0.25, -0.2) is 4.79 Å². The molecule has 0 amide bonds. The number of fused-ring (bicyclic) bond motifs is 5. The highest BCUT2D eigenvalue weighted by atomic mass is 16.7. The molecule has 0 aromatic carbocycles. The maximum Gasteiger partial charge on any atom is 0.516 e. The fraction of sp³-hybridized carbons (Fsp3) is 0.931. The van der Waals surface area contributed by atoms with Gasteiger partial charge in [0.15, 0.2) is 0 Å². The molecule has 0 saturated heterocycles. The van der Waals surface area contributed by atoms with Gasteiger partial charge in [-0.2, -0.15) is 0 Å². The summed E-state index contributed by atoms with van der Waals surface area (Å²) in [5.41, 5.74) is 0.111. The molecule has 0 aliphatic heterocycles. The third-order valence-corrected chi connectivity index (χ3v) is 11.0. The summed E-state index contributed by atoms with van der Waals surface area (Å²) in [6, 6.07) is 0. The predicted molar refractivity (Wildman–Crippen MR) is 133 cm³/mol. The van der Waals surface area contributed by atoms with Crippen LogP contribution in [0.1, 0.15) is 98.8 Å². The normalized spacial score (nSPS) is 43.6. The van der Waals surface area contributed by atoms with E-state index in [0.29, 0.717) is 36.0 Å². The predicted octanol–water partition coefficient (Wildman–Crippen LogP) is 5.73. The minimum Gasteiger partial charge on any atom is -0.434 e. The van der Waals surface area contributed by atoms with Crippen LogP contribution in [0.2, 0.25) is 0 Å². The Morgan fingerprint density at radius 2 is 1.71 bits per heavy atom. The first-order chi connectivity index (χ1) is 16.5. The minimum absolute atomic E-state index is 0.127. The van der Waals surface area contributed by atoms with Crippen molar-refractivity contribution >= 4 is 12.1 Å². The smallest absolute Gasteiger partial charge is 0.434 e. The highest BCUT2D eigenvalue weighted by Crippen LogP contribution is 2.68. The molecule has 4 rings (SSSR count). The van der Waals surface area contributed by atoms with Gasteiger partial charge in [0.25, 0.3) is 0 Å². The third-order valence-electron chi connectivity index (χ3n) is 11.0. The van der Waals surface area contributed by atoms with Gasteiger partial charge < -0.3 is 19.7 Å². The van der Waals surface area contributed by atoms with E-state index < -0.39 is 12.1 Å². The van der Waals surface area contributed by atoms with Crippen LogP contribution in [0.25, 0.3) is 0 Å². The number of hydrogen-bond donors (Lipinski definition) is 2. The number of aliphatic hydroxyl groups is 2. The summed E-state index contributed by atoms with van der Waals surface area (Å²) in [6.07, 6.45) is 7.91. The van der Waals surface area contributed by atoms with E-state index in [-0.39, 0.29) is 47.9 Å². The van der Waals surface area contributed by atoms with Crippen LogP contribution in [-0.2, 0) is 14.3 Å². The molecule has 0 aromatic rings. The van der Waals surface area contributed by atoms with Crippen molar-refractivity contribution in [3.8, 4) is 0 Å². The Balaban J connectivity index is 1.38. The summed E-state index contributed by atoms with van der Waals surface area (Å²) >= 11 is 0. The van der Waals surface area contributed by atoms with Crippen LogP contribution in [0, 0.1) is 52.3 Å². The largest absolute Gasteiger partial charge is 0.516 e. The Bertz CT molecular complexity index is 781. The first-order valence-electron chi connectivity index (χ1n) is 14.2. The summed E-state index contributed by atoms with van der Waals surface area (Å²) in [4.78, 5) is 23.9. The van der Waals surface area contributed by atoms with Crippen molar-refractivity contribution in [3.05, 3.63) is 0 Å². The van der Waals surface area contributed by atoms with Gasteiger partial charge in [-0.3, -0.25) is 4.79 Å². The number of esters is 1. The zero-order chi connectivity index (χ0) is 25.5. The molecule has 1 unspecified atom stereocenters. The Morgan fingerprint density at radius 1 is 0.971 bits per heavy atom. The van der Waals surface area contributed by atoms with E-state index in [0.717, 1.165) is 38.5 Å². The summed E-state index contributed by atoms with van der Waals surface area (Å²) in [7, 11) is 0. The molecule has 4 aliphatic rings. The average Bonchev–Trinajstić information content (AvgIpc) is 3.16. The Labute approximate surface area is 211 Å². The Kier molecular flexibility index (Phi) is 7.93. The van der Waals surface area contributed by atoms with Gasteiger partial charge in [-0.05, 0) is 110 Å². The maximum absolute atomic E-state index is 12.2. The van der Waals surface area contributed by atoms with Crippen molar-refractivity contribution in [2.75, 3.05) is 6.61 Å². The van der Waals surface area contributed by atoms with Gasteiger partial charge in [-0.15, -0.1) is 0 Å². The van der Waals surface area contributed by atoms with Crippen LogP contribution in [0.3, 0.4) is 0 Å². The zero-order valence-electron chi connectivity index (χ0n) is 22.5. The lowest BCUT2D eigenvalue weighted by Crippen LogP contribution is -2.58. The second kappa shape index (κ2) is 10.3. The van der Waals surface area contributed by atoms with Crippen molar-refractivity contribution in [1.82, 2.24) is 0 Å². The first kappa shape index (κ1) is 26.9. The second-order valence-electron chi connectivity index (χ2n) is 13.3. The molecule has 4 aliphatic carbocycles. The summed E-state index contributed by atoms with van der Waals surface area (Å²) in [5, 5.41) is 21.9. The van der Waals surface area contributed by atoms with E-state index in [1.165, 1.54) is 12.8 Å². The number of aliphatic hydroxyl groups excluding tert-OH is 2. The Hall–Kier alpha value is -1.14. The molecule has 0 bridgehead atoms. The molecule has 0 heterocycles. The zero-order valence-corrected chi connectivity index (χ0v) is 22.5. The van der Waals surface area contributed by atoms with E-state index in [9.17, 15) is 19.8 Å². The fourth-order valence-corrected chi connectivity index (χ4v) is 9.12. The molecule has 10 atom stereocenters. The maximum atomic E-state index is 12.2. The van der Waals surface area contributed by atoms with Crippen molar-refractivity contribution in [3.63, 3.8) is 0 Å². The van der Waals surface area contributed by atoms with Crippen LogP contribution in [0.4, 0.5) is 4.79 Å². The van der Waals surface area contributed by atoms with Crippen molar-refractivity contribution in [2.24, 2.45) is 52.3 Å². The molecular weight excluding hydrogens is 444 g/mol. The van der Waals surface area contributed by atoms with E-state index in [1.807, 2.05) is 13.8 Å². The highest BCUT2D eigenvalue weighted by Gasteiger charge is 2.63. The number of rotatable bonds is 6. The van der Waals surface area contributed by atoms with Crippen LogP contribution in [0.15, 0.2) is 0 Å². The summed E-state index contributed by atoms with van der Waals surface area (Å²) in [5.74, 6) is 2.60. The van der Waals surface area contributed by atoms with Crippen molar-refractivity contribution < 1.29 is 29.3 Å². The Morgan fingerprint density at radius 3 is 2.43 bits per heavy atom. The molecule has 0 radical (unpaired) electrons. The summed E-state index contributed by atoms with van der Waals surface area (Å²) in [6.45, 7) is 11.1. The van der Waals surface area contributed by atoms with Crippen molar-refractivity contribution in [1.29, 1.82) is 0 Å². The molecule has 6 heteroatoms. The van der Waals surface area contributed by atoms with E-state index >= 15 is 0 Å². The average molecular weight is 493 g/mol. The third kappa shape index (κ3) is 5.03. The van der Waals surface area contributed by atoms with Gasteiger partial charge in [0.05, 0.1) is 18.8 Å². The van der Waals surface area contributed by atoms with Gasteiger partial charge >= 0.3 is 12.1 Å². The number of ether oxygens (including phenoxy) is 2. The second-order valence-corrected chi connectivity index (χ2v) is 13.3. The van der Waals surface area contributed by atoms with E-state index in [4.69, 9.17) is 9.47 Å². The number of carbonyl (C=O) groups is 2. The van der Waals surface area contributed by atoms with Gasteiger partial charge in [-0.1, -0.05) is 34.6 Å². The van der Waals surface area contributed by atoms with Crippen LogP contribution >= 0.6 is 0 Å². The van der Waals surface area contributed by atoms with Crippen LogP contribution in [-0.4, -0.2) is 41.2 Å². The van der Waals surface area contributed by atoms with E-state index in [1.54, 1.807) is 0 Å². The lowest BCUT2D eigenvalue weighted by Gasteiger charge is -2.62. The van der Waals surface area contributed by atoms with E-state index in [2.05, 4.69) is 20.8 Å². The molecule has 2 N–H and O–H groups in total. The van der Waals surface area contributed by atoms with Crippen LogP contribution in [0.5, 0.6) is 0 Å². The lowest BCUT2D eigenvalue weighted by atomic mass is 9.43. The quantitative estimate of drug-likeness (QED) is 0.363. The van der Waals surface area contributed by atoms with Crippen molar-refractivity contribution in [2.45, 2.75) is 111 Å². The van der Waals surface area contributed by atoms with Gasteiger partial charge in [0, 0.05) is 6.42 Å². The molecule has 0 aromatic heterocycles. The SMILES string of the molecule is CC(C)COC(=O)OC(=O)CC[C@@H](C)C1CC[C@H]2[C@@H]3CC[C@@H]4C[C@H](O)CC[C@]4(C)[C@H]3C[C@H](O)[C@]12C. The standard InChI is InChI=1S/C29H48O6/c1-17(2)16-34-27(33)35-26(32)11-6-18(3)22-9-10-23-21-8-7-19-14-20(30)12-13-28(19,4)24(21)15-25(31)29(22,23)5/h17-25,30-31H,6-16H2,1-5H3/t18-,19-,20-,21+,22?,23+,24+,25+,28+,29-/m1/s1. The van der Waals surface area contributed by atoms with Gasteiger partial charge in [0.1, 0.15) is 0 Å². The topological polar surface area (TPSA) is 93.1 Å². The minimum atomic E-state index is -0.905. The van der Waals surface area contributed by atoms with Gasteiger partial charge in [0.2, 0.25) is 0 Å². The molecular formula is C29H48O6. The molecule has 35 heavy (non-hydrogen) atoms. The molecule has 0 spiro atoms. The number of hydrogen-bond acceptors (Lipinski definition) is 6. The molecule has 6 nitrogen and oxygen atoms in total. The van der Waals surface area contributed by atoms with Crippen LogP contribution < -0.4 is 0 Å². The first-order valence-corrected chi connectivity index (χ1v) is 14.2. The molecule has 4 fully saturated rings. The molecule has 4 saturated carbocycles. The summed E-state index contributed by atoms with van der Waals surface area (Å²) < 4.78 is 9.79. The fourth-order valence-electron chi connectivity index (χ4n) is 9.12. The molecule has 200 valence electrons. The lowest BCUT2D eigenvalue weighted by molar-refractivity contribution is -0.175. The monoisotopic (exact) mass is 492 g/mol.